The van der Waals surface area contributed by atoms with E-state index in [1.807, 2.05) is 0 Å². The van der Waals surface area contributed by atoms with Gasteiger partial charge in [-0.1, -0.05) is 39.3 Å². The molecule has 2 unspecified atom stereocenters. The molecule has 0 spiro atoms. The third kappa shape index (κ3) is 3.60. The summed E-state index contributed by atoms with van der Waals surface area (Å²) < 4.78 is 6.78. The Kier molecular flexibility index (Phi) is 5.67. The van der Waals surface area contributed by atoms with Crippen LogP contribution in [0, 0.1) is 34.0 Å². The Morgan fingerprint density at radius 2 is 1.86 bits per heavy atom. The fourth-order valence-corrected chi connectivity index (χ4v) is 9.20. The quantitative estimate of drug-likeness (QED) is 0.495. The van der Waals surface area contributed by atoms with Crippen LogP contribution >= 0.6 is 0 Å². The molecule has 0 aromatic rings. The molecule has 166 valence electrons. The normalized spacial score (nSPS) is 47.4. The molecule has 0 aromatic carbocycles. The number of allylic oxidation sites excluding steroid dienone is 1. The fourth-order valence-electron chi connectivity index (χ4n) is 8.19. The van der Waals surface area contributed by atoms with E-state index in [1.54, 1.807) is 0 Å². The summed E-state index contributed by atoms with van der Waals surface area (Å²) >= 11 is 0. The maximum Gasteiger partial charge on any atom is 0.171 e. The van der Waals surface area contributed by atoms with Gasteiger partial charge in [-0.3, -0.25) is 0 Å². The average Bonchev–Trinajstić information content (AvgIpc) is 2.89. The highest BCUT2D eigenvalue weighted by molar-refractivity contribution is 6.48. The SMILES string of the molecule is C[SiH](C)OC1C[C@@H](O)CC2=CC[C@H]3[C@@H]4CCC(O)[C@@]4(C)CC[C@@H]3[C@]21CC(C)(C)C. The molecule has 0 heterocycles. The van der Waals surface area contributed by atoms with Crippen molar-refractivity contribution in [3.05, 3.63) is 11.6 Å². The van der Waals surface area contributed by atoms with Crippen LogP contribution in [0.5, 0.6) is 0 Å². The predicted molar refractivity (Wildman–Crippen MR) is 121 cm³/mol. The van der Waals surface area contributed by atoms with E-state index in [9.17, 15) is 10.2 Å². The number of aliphatic hydroxyl groups excluding tert-OH is 2. The van der Waals surface area contributed by atoms with Gasteiger partial charge in [-0.15, -0.1) is 0 Å². The van der Waals surface area contributed by atoms with Gasteiger partial charge in [0.1, 0.15) is 0 Å². The number of hydrogen-bond acceptors (Lipinski definition) is 3. The molecule has 29 heavy (non-hydrogen) atoms. The molecule has 0 saturated heterocycles. The summed E-state index contributed by atoms with van der Waals surface area (Å²) in [5.74, 6) is 1.93. The van der Waals surface area contributed by atoms with Crippen LogP contribution in [-0.4, -0.2) is 37.6 Å². The molecule has 0 bridgehead atoms. The van der Waals surface area contributed by atoms with Gasteiger partial charge in [-0.25, -0.2) is 0 Å². The van der Waals surface area contributed by atoms with E-state index in [0.29, 0.717) is 17.8 Å². The topological polar surface area (TPSA) is 49.7 Å². The second-order valence-electron chi connectivity index (χ2n) is 12.5. The van der Waals surface area contributed by atoms with Crippen molar-refractivity contribution in [1.29, 1.82) is 0 Å². The number of fused-ring (bicyclic) bond motifs is 5. The first-order valence-corrected chi connectivity index (χ1v) is 15.0. The van der Waals surface area contributed by atoms with Crippen LogP contribution < -0.4 is 0 Å². The van der Waals surface area contributed by atoms with Crippen molar-refractivity contribution in [2.24, 2.45) is 34.0 Å². The zero-order chi connectivity index (χ0) is 21.2. The van der Waals surface area contributed by atoms with Gasteiger partial charge in [0.2, 0.25) is 0 Å². The monoisotopic (exact) mass is 420 g/mol. The van der Waals surface area contributed by atoms with E-state index in [2.05, 4.69) is 46.9 Å². The third-order valence-corrected chi connectivity index (χ3v) is 9.93. The van der Waals surface area contributed by atoms with Crippen LogP contribution in [0.15, 0.2) is 11.6 Å². The minimum atomic E-state index is -1.22. The van der Waals surface area contributed by atoms with Crippen molar-refractivity contribution >= 4 is 9.04 Å². The first-order valence-electron chi connectivity index (χ1n) is 12.2. The molecule has 3 nitrogen and oxygen atoms in total. The smallest absolute Gasteiger partial charge is 0.171 e. The third-order valence-electron chi connectivity index (χ3n) is 9.06. The van der Waals surface area contributed by atoms with Crippen molar-refractivity contribution in [3.63, 3.8) is 0 Å². The largest absolute Gasteiger partial charge is 0.417 e. The summed E-state index contributed by atoms with van der Waals surface area (Å²) in [6, 6.07) is 0. The zero-order valence-electron chi connectivity index (χ0n) is 19.6. The number of aliphatic hydroxyl groups is 2. The highest BCUT2D eigenvalue weighted by Gasteiger charge is 2.62. The maximum absolute atomic E-state index is 10.8. The molecule has 8 atom stereocenters. The summed E-state index contributed by atoms with van der Waals surface area (Å²) in [6.45, 7) is 14.1. The van der Waals surface area contributed by atoms with E-state index in [-0.39, 0.29) is 34.6 Å². The van der Waals surface area contributed by atoms with Crippen LogP contribution in [-0.2, 0) is 4.43 Å². The Bertz CT molecular complexity index is 651. The van der Waals surface area contributed by atoms with Crippen LogP contribution in [0.1, 0.15) is 79.1 Å². The average molecular weight is 421 g/mol. The molecule has 4 aliphatic carbocycles. The Hall–Kier alpha value is -0.163. The lowest BCUT2D eigenvalue weighted by molar-refractivity contribution is -0.126. The van der Waals surface area contributed by atoms with E-state index < -0.39 is 9.04 Å². The van der Waals surface area contributed by atoms with Crippen molar-refractivity contribution in [3.8, 4) is 0 Å². The van der Waals surface area contributed by atoms with Gasteiger partial charge >= 0.3 is 0 Å². The van der Waals surface area contributed by atoms with E-state index in [1.165, 1.54) is 18.4 Å². The lowest BCUT2D eigenvalue weighted by atomic mass is 9.44. The van der Waals surface area contributed by atoms with Crippen LogP contribution in [0.4, 0.5) is 0 Å². The molecular formula is C25H44O3Si. The minimum absolute atomic E-state index is 0.0759. The zero-order valence-corrected chi connectivity index (χ0v) is 20.7. The molecule has 0 aromatic heterocycles. The lowest BCUT2D eigenvalue weighted by Gasteiger charge is -2.62. The summed E-state index contributed by atoms with van der Waals surface area (Å²) in [6.07, 6.45) is 10.7. The van der Waals surface area contributed by atoms with Gasteiger partial charge < -0.3 is 14.6 Å². The van der Waals surface area contributed by atoms with Crippen molar-refractivity contribution in [2.75, 3.05) is 0 Å². The summed E-state index contributed by atoms with van der Waals surface area (Å²) in [7, 11) is -1.22. The molecule has 4 heteroatoms. The molecule has 2 N–H and O–H groups in total. The predicted octanol–water partition coefficient (Wildman–Crippen LogP) is 5.07. The molecular weight excluding hydrogens is 376 g/mol. The van der Waals surface area contributed by atoms with Gasteiger partial charge in [0.05, 0.1) is 18.3 Å². The van der Waals surface area contributed by atoms with Gasteiger partial charge in [0, 0.05) is 5.41 Å². The standard InChI is InChI=1S/C25H44O3Si/c1-23(2,3)15-25-16(13-17(26)14-22(25)28-29(5)6)7-8-18-19-9-10-21(27)24(19,4)12-11-20(18)25/h7,17-22,26-27,29H,8-15H2,1-6H3/t17-,18-,19-,20-,21?,22?,24-,25-/m0/s1. The minimum Gasteiger partial charge on any atom is -0.417 e. The highest BCUT2D eigenvalue weighted by Crippen LogP contribution is 2.67. The molecule has 3 fully saturated rings. The van der Waals surface area contributed by atoms with E-state index in [4.69, 9.17) is 4.43 Å². The molecule has 3 saturated carbocycles. The second kappa shape index (κ2) is 7.46. The summed E-state index contributed by atoms with van der Waals surface area (Å²) in [5.41, 5.74) is 1.91. The first kappa shape index (κ1) is 22.0. The lowest BCUT2D eigenvalue weighted by Crippen LogP contribution is -2.59. The van der Waals surface area contributed by atoms with Crippen molar-refractivity contribution in [2.45, 2.75) is 110 Å². The summed E-state index contributed by atoms with van der Waals surface area (Å²) in [4.78, 5) is 0. The van der Waals surface area contributed by atoms with Gasteiger partial charge in [-0.2, -0.15) is 0 Å². The second-order valence-corrected chi connectivity index (χ2v) is 14.9. The Morgan fingerprint density at radius 3 is 2.52 bits per heavy atom. The number of hydrogen-bond donors (Lipinski definition) is 2. The fraction of sp³-hybridized carbons (Fsp3) is 0.920. The van der Waals surface area contributed by atoms with E-state index in [0.717, 1.165) is 38.5 Å². The molecule has 4 rings (SSSR count). The van der Waals surface area contributed by atoms with Crippen LogP contribution in [0.3, 0.4) is 0 Å². The highest BCUT2D eigenvalue weighted by atomic mass is 28.3. The Labute approximate surface area is 180 Å². The maximum atomic E-state index is 10.8. The molecule has 0 amide bonds. The molecule has 4 aliphatic rings. The van der Waals surface area contributed by atoms with Crippen molar-refractivity contribution in [1.82, 2.24) is 0 Å². The summed E-state index contributed by atoms with van der Waals surface area (Å²) in [5, 5.41) is 21.5. The number of rotatable bonds is 3. The van der Waals surface area contributed by atoms with E-state index >= 15 is 0 Å². The van der Waals surface area contributed by atoms with Gasteiger partial charge in [0.15, 0.2) is 9.04 Å². The van der Waals surface area contributed by atoms with Crippen molar-refractivity contribution < 1.29 is 14.6 Å². The van der Waals surface area contributed by atoms with Gasteiger partial charge in [-0.05, 0) is 93.0 Å². The Morgan fingerprint density at radius 1 is 1.14 bits per heavy atom. The first-order chi connectivity index (χ1) is 13.5. The van der Waals surface area contributed by atoms with Gasteiger partial charge in [0.25, 0.3) is 0 Å². The molecule has 0 aliphatic heterocycles. The molecule has 0 radical (unpaired) electrons. The Balaban J connectivity index is 1.79. The van der Waals surface area contributed by atoms with Crippen LogP contribution in [0.25, 0.3) is 0 Å². The van der Waals surface area contributed by atoms with Crippen LogP contribution in [0.2, 0.25) is 13.1 Å².